The molecule has 0 amide bonds. The van der Waals surface area contributed by atoms with Crippen molar-refractivity contribution in [3.63, 3.8) is 0 Å². The van der Waals surface area contributed by atoms with Crippen LogP contribution in [0.4, 0.5) is 15.8 Å². The largest absolute Gasteiger partial charge is 0.493 e. The number of carbonyl (C=O) groups excluding carboxylic acids is 1. The van der Waals surface area contributed by atoms with Crippen molar-refractivity contribution >= 4 is 56.3 Å². The number of fused-ring (bicyclic) bond motifs is 1. The van der Waals surface area contributed by atoms with Gasteiger partial charge in [0.1, 0.15) is 5.75 Å². The van der Waals surface area contributed by atoms with Crippen molar-refractivity contribution in [3.8, 4) is 5.75 Å². The van der Waals surface area contributed by atoms with E-state index in [9.17, 15) is 9.18 Å². The van der Waals surface area contributed by atoms with Gasteiger partial charge in [0.25, 0.3) is 6.47 Å². The highest BCUT2D eigenvalue weighted by molar-refractivity contribution is 9.10. The molecule has 1 N–H and O–H groups in total. The Morgan fingerprint density at radius 1 is 1.36 bits per heavy atom. The SMILES string of the molecule is CCOc1cc2ncc(CCOC=O)c(Nc3cccc(Cl)c3F)c2cc1Br. The molecule has 0 saturated heterocycles. The number of nitrogens with one attached hydrogen (secondary N) is 1. The van der Waals surface area contributed by atoms with E-state index in [2.05, 4.69) is 26.2 Å². The van der Waals surface area contributed by atoms with Gasteiger partial charge in [0.2, 0.25) is 0 Å². The molecule has 0 aliphatic heterocycles. The van der Waals surface area contributed by atoms with Gasteiger partial charge in [0.15, 0.2) is 5.82 Å². The van der Waals surface area contributed by atoms with Gasteiger partial charge in [0, 0.05) is 24.1 Å². The van der Waals surface area contributed by atoms with Crippen LogP contribution >= 0.6 is 27.5 Å². The minimum absolute atomic E-state index is 0.0222. The van der Waals surface area contributed by atoms with Gasteiger partial charge in [-0.25, -0.2) is 4.39 Å². The van der Waals surface area contributed by atoms with Crippen LogP contribution in [-0.2, 0) is 16.0 Å². The summed E-state index contributed by atoms with van der Waals surface area (Å²) in [5.74, 6) is 0.119. The average Bonchev–Trinajstić information content (AvgIpc) is 2.68. The summed E-state index contributed by atoms with van der Waals surface area (Å²) in [7, 11) is 0. The maximum absolute atomic E-state index is 14.5. The predicted octanol–water partition coefficient (Wildman–Crippen LogP) is 5.65. The van der Waals surface area contributed by atoms with Crippen molar-refractivity contribution in [2.24, 2.45) is 0 Å². The zero-order chi connectivity index (χ0) is 20.1. The Bertz CT molecular complexity index is 1020. The molecule has 0 aliphatic rings. The fourth-order valence-electron chi connectivity index (χ4n) is 2.79. The lowest BCUT2D eigenvalue weighted by Gasteiger charge is -2.17. The molecule has 28 heavy (non-hydrogen) atoms. The first-order valence-electron chi connectivity index (χ1n) is 8.55. The zero-order valence-corrected chi connectivity index (χ0v) is 17.3. The van der Waals surface area contributed by atoms with E-state index in [0.29, 0.717) is 36.5 Å². The summed E-state index contributed by atoms with van der Waals surface area (Å²) in [4.78, 5) is 15.0. The Labute approximate surface area is 174 Å². The first-order valence-corrected chi connectivity index (χ1v) is 9.72. The van der Waals surface area contributed by atoms with E-state index in [0.717, 1.165) is 15.4 Å². The average molecular weight is 468 g/mol. The van der Waals surface area contributed by atoms with Crippen LogP contribution in [0, 0.1) is 5.82 Å². The molecule has 0 spiro atoms. The lowest BCUT2D eigenvalue weighted by molar-refractivity contribution is -0.128. The molecule has 0 radical (unpaired) electrons. The van der Waals surface area contributed by atoms with Gasteiger partial charge in [-0.3, -0.25) is 9.78 Å². The van der Waals surface area contributed by atoms with E-state index in [4.69, 9.17) is 21.1 Å². The summed E-state index contributed by atoms with van der Waals surface area (Å²) in [6.45, 7) is 2.99. The molecule has 1 heterocycles. The minimum atomic E-state index is -0.547. The molecule has 0 bridgehead atoms. The summed E-state index contributed by atoms with van der Waals surface area (Å²) < 4.78 is 25.6. The van der Waals surface area contributed by atoms with Gasteiger partial charge < -0.3 is 14.8 Å². The summed E-state index contributed by atoms with van der Waals surface area (Å²) in [6.07, 6.45) is 2.09. The van der Waals surface area contributed by atoms with Crippen LogP contribution in [-0.4, -0.2) is 24.7 Å². The highest BCUT2D eigenvalue weighted by atomic mass is 79.9. The van der Waals surface area contributed by atoms with Gasteiger partial charge in [-0.05, 0) is 46.6 Å². The van der Waals surface area contributed by atoms with Crippen LogP contribution in [0.25, 0.3) is 10.9 Å². The van der Waals surface area contributed by atoms with Crippen LogP contribution in [0.1, 0.15) is 12.5 Å². The lowest BCUT2D eigenvalue weighted by Crippen LogP contribution is -2.04. The van der Waals surface area contributed by atoms with Gasteiger partial charge in [-0.2, -0.15) is 0 Å². The molecule has 3 aromatic rings. The maximum Gasteiger partial charge on any atom is 0.293 e. The van der Waals surface area contributed by atoms with E-state index in [1.807, 2.05) is 19.1 Å². The number of pyridine rings is 1. The lowest BCUT2D eigenvalue weighted by atomic mass is 10.1. The number of nitrogens with zero attached hydrogens (tertiary/aromatic N) is 1. The van der Waals surface area contributed by atoms with Gasteiger partial charge in [-0.1, -0.05) is 17.7 Å². The first-order chi connectivity index (χ1) is 13.5. The van der Waals surface area contributed by atoms with E-state index >= 15 is 0 Å². The summed E-state index contributed by atoms with van der Waals surface area (Å²) in [5.41, 5.74) is 2.34. The van der Waals surface area contributed by atoms with E-state index in [1.165, 1.54) is 6.07 Å². The number of halogens is 3. The monoisotopic (exact) mass is 466 g/mol. The summed E-state index contributed by atoms with van der Waals surface area (Å²) >= 11 is 9.42. The Balaban J connectivity index is 2.13. The number of hydrogen-bond acceptors (Lipinski definition) is 5. The Morgan fingerprint density at radius 3 is 2.93 bits per heavy atom. The van der Waals surface area contributed by atoms with Crippen molar-refractivity contribution in [2.45, 2.75) is 13.3 Å². The third-order valence-corrected chi connectivity index (χ3v) is 4.98. The topological polar surface area (TPSA) is 60.5 Å². The number of hydrogen-bond donors (Lipinski definition) is 1. The molecule has 0 unspecified atom stereocenters. The third kappa shape index (κ3) is 4.36. The second-order valence-electron chi connectivity index (χ2n) is 5.83. The normalized spacial score (nSPS) is 10.7. The minimum Gasteiger partial charge on any atom is -0.493 e. The zero-order valence-electron chi connectivity index (χ0n) is 15.0. The summed E-state index contributed by atoms with van der Waals surface area (Å²) in [5, 5.41) is 3.91. The van der Waals surface area contributed by atoms with Crippen LogP contribution in [0.5, 0.6) is 5.75 Å². The smallest absolute Gasteiger partial charge is 0.293 e. The number of benzene rings is 2. The van der Waals surface area contributed by atoms with Crippen molar-refractivity contribution in [3.05, 3.63) is 57.4 Å². The Kier molecular flexibility index (Phi) is 6.70. The van der Waals surface area contributed by atoms with Crippen LogP contribution < -0.4 is 10.1 Å². The van der Waals surface area contributed by atoms with Crippen LogP contribution in [0.15, 0.2) is 41.0 Å². The molecule has 5 nitrogen and oxygen atoms in total. The second-order valence-corrected chi connectivity index (χ2v) is 7.10. The number of carbonyl (C=O) groups is 1. The highest BCUT2D eigenvalue weighted by Gasteiger charge is 2.15. The molecule has 146 valence electrons. The summed E-state index contributed by atoms with van der Waals surface area (Å²) in [6, 6.07) is 8.42. The molecule has 0 fully saturated rings. The molecular formula is C20H17BrClFN2O3. The van der Waals surface area contributed by atoms with Crippen LogP contribution in [0.3, 0.4) is 0 Å². The van der Waals surface area contributed by atoms with Gasteiger partial charge >= 0.3 is 0 Å². The van der Waals surface area contributed by atoms with E-state index in [-0.39, 0.29) is 17.3 Å². The number of ether oxygens (including phenoxy) is 2. The third-order valence-electron chi connectivity index (χ3n) is 4.07. The number of anilines is 2. The highest BCUT2D eigenvalue weighted by Crippen LogP contribution is 2.37. The molecule has 0 aliphatic carbocycles. The van der Waals surface area contributed by atoms with Crippen molar-refractivity contribution in [2.75, 3.05) is 18.5 Å². The Hall–Kier alpha value is -2.38. The van der Waals surface area contributed by atoms with Crippen molar-refractivity contribution in [1.82, 2.24) is 4.98 Å². The van der Waals surface area contributed by atoms with Crippen molar-refractivity contribution < 1.29 is 18.7 Å². The molecule has 1 aromatic heterocycles. The fourth-order valence-corrected chi connectivity index (χ4v) is 3.42. The molecule has 0 saturated carbocycles. The number of aromatic nitrogens is 1. The fraction of sp³-hybridized carbons (Fsp3) is 0.200. The molecule has 2 aromatic carbocycles. The van der Waals surface area contributed by atoms with Gasteiger partial charge in [-0.15, -0.1) is 0 Å². The molecule has 0 atom stereocenters. The first kappa shape index (κ1) is 20.4. The second kappa shape index (κ2) is 9.21. The Morgan fingerprint density at radius 2 is 2.18 bits per heavy atom. The van der Waals surface area contributed by atoms with Crippen molar-refractivity contribution in [1.29, 1.82) is 0 Å². The molecule has 8 heteroatoms. The molecule has 3 rings (SSSR count). The predicted molar refractivity (Wildman–Crippen MR) is 111 cm³/mol. The maximum atomic E-state index is 14.5. The van der Waals surface area contributed by atoms with Gasteiger partial charge in [0.05, 0.1) is 39.6 Å². The number of rotatable bonds is 8. The quantitative estimate of drug-likeness (QED) is 0.343. The van der Waals surface area contributed by atoms with Crippen LogP contribution in [0.2, 0.25) is 5.02 Å². The standard InChI is InChI=1S/C20H17BrClFN2O3/c1-2-28-18-9-17-13(8-14(18)21)20(12(10-24-17)6-7-27-11-26)25-16-5-3-4-15(22)19(16)23/h3-5,8-11H,2,6-7H2,1H3,(H,24,25). The van der Waals surface area contributed by atoms with E-state index < -0.39 is 5.82 Å². The molecular weight excluding hydrogens is 451 g/mol. The van der Waals surface area contributed by atoms with E-state index in [1.54, 1.807) is 18.3 Å².